The van der Waals surface area contributed by atoms with Crippen LogP contribution in [0.25, 0.3) is 0 Å². The minimum atomic E-state index is 0.149. The molecule has 0 aliphatic carbocycles. The summed E-state index contributed by atoms with van der Waals surface area (Å²) in [5.74, 6) is 0. The number of hydrogen-bond acceptors (Lipinski definition) is 5. The highest BCUT2D eigenvalue weighted by molar-refractivity contribution is 7.13. The molecule has 3 heterocycles. The quantitative estimate of drug-likeness (QED) is 0.820. The number of imidazole rings is 1. The van der Waals surface area contributed by atoms with Crippen molar-refractivity contribution in [3.8, 4) is 5.19 Å². The van der Waals surface area contributed by atoms with Crippen LogP contribution in [0.4, 0.5) is 0 Å². The van der Waals surface area contributed by atoms with Gasteiger partial charge in [0.2, 0.25) is 0 Å². The van der Waals surface area contributed by atoms with E-state index in [9.17, 15) is 0 Å². The van der Waals surface area contributed by atoms with Gasteiger partial charge in [-0.3, -0.25) is 0 Å². The molecule has 0 radical (unpaired) electrons. The van der Waals surface area contributed by atoms with Gasteiger partial charge in [-0.15, -0.1) is 0 Å². The fourth-order valence-corrected chi connectivity index (χ4v) is 2.76. The van der Waals surface area contributed by atoms with E-state index in [1.54, 1.807) is 24.8 Å². The number of ether oxygens (including phenoxy) is 1. The van der Waals surface area contributed by atoms with Crippen LogP contribution in [0.15, 0.2) is 12.5 Å². The lowest BCUT2D eigenvalue weighted by Gasteiger charge is -2.21. The van der Waals surface area contributed by atoms with E-state index in [4.69, 9.17) is 4.74 Å². The Kier molecular flexibility index (Phi) is 2.37. The Balaban J connectivity index is 1.97. The number of thiazole rings is 1. The molecular formula is C10H12N4OS. The molecule has 1 atom stereocenters. The van der Waals surface area contributed by atoms with Crippen LogP contribution in [-0.4, -0.2) is 28.6 Å². The lowest BCUT2D eigenvalue weighted by atomic mass is 10.1. The molecule has 0 saturated carbocycles. The number of fused-ring (bicyclic) bond motifs is 1. The lowest BCUT2D eigenvalue weighted by molar-refractivity contribution is 0.412. The topological polar surface area (TPSA) is 62.8 Å². The average molecular weight is 236 g/mol. The smallest absolute Gasteiger partial charge is 0.273 e. The Morgan fingerprint density at radius 1 is 1.50 bits per heavy atom. The van der Waals surface area contributed by atoms with Crippen LogP contribution >= 0.6 is 11.3 Å². The predicted octanol–water partition coefficient (Wildman–Crippen LogP) is 1.11. The molecule has 5 nitrogen and oxygen atoms in total. The molecule has 16 heavy (non-hydrogen) atoms. The highest BCUT2D eigenvalue weighted by Crippen LogP contribution is 2.32. The van der Waals surface area contributed by atoms with Crippen LogP contribution in [0.1, 0.15) is 22.3 Å². The zero-order valence-corrected chi connectivity index (χ0v) is 9.67. The van der Waals surface area contributed by atoms with E-state index in [1.165, 1.54) is 5.69 Å². The summed E-state index contributed by atoms with van der Waals surface area (Å²) in [6.07, 6.45) is 4.61. The number of methoxy groups -OCH3 is 1. The Hall–Kier alpha value is -1.40. The highest BCUT2D eigenvalue weighted by Gasteiger charge is 2.25. The van der Waals surface area contributed by atoms with Gasteiger partial charge in [0, 0.05) is 24.9 Å². The van der Waals surface area contributed by atoms with Crippen molar-refractivity contribution in [2.24, 2.45) is 0 Å². The van der Waals surface area contributed by atoms with Gasteiger partial charge in [-0.25, -0.2) is 9.97 Å². The molecule has 1 aliphatic rings. The highest BCUT2D eigenvalue weighted by atomic mass is 32.1. The van der Waals surface area contributed by atoms with E-state index < -0.39 is 0 Å². The molecule has 0 spiro atoms. The molecule has 0 amide bonds. The number of hydrogen-bond donors (Lipinski definition) is 2. The van der Waals surface area contributed by atoms with Crippen molar-refractivity contribution >= 4 is 11.3 Å². The van der Waals surface area contributed by atoms with E-state index in [1.807, 2.05) is 6.20 Å². The van der Waals surface area contributed by atoms with E-state index >= 15 is 0 Å². The van der Waals surface area contributed by atoms with E-state index in [2.05, 4.69) is 20.3 Å². The normalized spacial score (nSPS) is 19.4. The SMILES string of the molecule is COc1ncc(C2NCCc3[nH]cnc32)s1. The van der Waals surface area contributed by atoms with E-state index in [-0.39, 0.29) is 6.04 Å². The zero-order chi connectivity index (χ0) is 11.0. The van der Waals surface area contributed by atoms with Crippen LogP contribution in [0.2, 0.25) is 0 Å². The Morgan fingerprint density at radius 3 is 3.25 bits per heavy atom. The van der Waals surface area contributed by atoms with Crippen LogP contribution in [-0.2, 0) is 6.42 Å². The summed E-state index contributed by atoms with van der Waals surface area (Å²) in [5, 5.41) is 4.14. The summed E-state index contributed by atoms with van der Waals surface area (Å²) < 4.78 is 5.11. The summed E-state index contributed by atoms with van der Waals surface area (Å²) in [5.41, 5.74) is 2.30. The third-order valence-electron chi connectivity index (χ3n) is 2.71. The van der Waals surface area contributed by atoms with Gasteiger partial charge < -0.3 is 15.0 Å². The number of rotatable bonds is 2. The molecule has 2 aromatic rings. The van der Waals surface area contributed by atoms with Crippen molar-refractivity contribution in [1.29, 1.82) is 0 Å². The van der Waals surface area contributed by atoms with Crippen molar-refractivity contribution in [3.05, 3.63) is 28.8 Å². The molecule has 0 fully saturated rings. The van der Waals surface area contributed by atoms with Gasteiger partial charge in [-0.1, -0.05) is 11.3 Å². The summed E-state index contributed by atoms with van der Waals surface area (Å²) in [7, 11) is 1.64. The molecule has 1 unspecified atom stereocenters. The number of nitrogens with zero attached hydrogens (tertiary/aromatic N) is 2. The Labute approximate surface area is 96.9 Å². The lowest BCUT2D eigenvalue weighted by Crippen LogP contribution is -2.30. The molecule has 2 N–H and O–H groups in total. The maximum absolute atomic E-state index is 5.11. The van der Waals surface area contributed by atoms with Crippen molar-refractivity contribution in [2.75, 3.05) is 13.7 Å². The Morgan fingerprint density at radius 2 is 2.44 bits per heavy atom. The maximum Gasteiger partial charge on any atom is 0.273 e. The van der Waals surface area contributed by atoms with Crippen LogP contribution in [0, 0.1) is 0 Å². The number of aromatic amines is 1. The van der Waals surface area contributed by atoms with Crippen LogP contribution in [0.3, 0.4) is 0 Å². The first-order chi connectivity index (χ1) is 7.88. The summed E-state index contributed by atoms with van der Waals surface area (Å²) in [6.45, 7) is 0.958. The monoisotopic (exact) mass is 236 g/mol. The second-order valence-corrected chi connectivity index (χ2v) is 4.66. The minimum absolute atomic E-state index is 0.149. The third kappa shape index (κ3) is 1.50. The number of aromatic nitrogens is 3. The molecule has 0 aromatic carbocycles. The van der Waals surface area contributed by atoms with E-state index in [0.29, 0.717) is 5.19 Å². The molecule has 2 aromatic heterocycles. The van der Waals surface area contributed by atoms with Gasteiger partial charge in [0.25, 0.3) is 5.19 Å². The van der Waals surface area contributed by atoms with Crippen LogP contribution < -0.4 is 10.1 Å². The first kappa shape index (κ1) is 9.80. The van der Waals surface area contributed by atoms with Gasteiger partial charge in [0.05, 0.1) is 30.1 Å². The molecule has 84 valence electrons. The Bertz CT molecular complexity index is 492. The molecule has 3 rings (SSSR count). The number of H-pyrrole nitrogens is 1. The summed E-state index contributed by atoms with van der Waals surface area (Å²) in [4.78, 5) is 12.9. The fraction of sp³-hybridized carbons (Fsp3) is 0.400. The largest absolute Gasteiger partial charge is 0.473 e. The van der Waals surface area contributed by atoms with Crippen molar-refractivity contribution in [3.63, 3.8) is 0 Å². The third-order valence-corrected chi connectivity index (χ3v) is 3.73. The first-order valence-electron chi connectivity index (χ1n) is 5.13. The maximum atomic E-state index is 5.11. The van der Waals surface area contributed by atoms with Gasteiger partial charge in [-0.2, -0.15) is 0 Å². The summed E-state index contributed by atoms with van der Waals surface area (Å²) >= 11 is 1.56. The molecule has 0 saturated heterocycles. The predicted molar refractivity (Wildman–Crippen MR) is 60.8 cm³/mol. The van der Waals surface area contributed by atoms with Gasteiger partial charge in [-0.05, 0) is 0 Å². The fourth-order valence-electron chi connectivity index (χ4n) is 1.95. The van der Waals surface area contributed by atoms with Crippen molar-refractivity contribution in [1.82, 2.24) is 20.3 Å². The molecule has 0 bridgehead atoms. The second-order valence-electron chi connectivity index (χ2n) is 3.64. The minimum Gasteiger partial charge on any atom is -0.473 e. The summed E-state index contributed by atoms with van der Waals surface area (Å²) in [6, 6.07) is 0.149. The molecular weight excluding hydrogens is 224 g/mol. The van der Waals surface area contributed by atoms with Gasteiger partial charge in [0.1, 0.15) is 0 Å². The number of nitrogens with one attached hydrogen (secondary N) is 2. The van der Waals surface area contributed by atoms with Gasteiger partial charge in [0.15, 0.2) is 0 Å². The first-order valence-corrected chi connectivity index (χ1v) is 5.95. The van der Waals surface area contributed by atoms with Crippen LogP contribution in [0.5, 0.6) is 5.19 Å². The van der Waals surface area contributed by atoms with Crippen molar-refractivity contribution in [2.45, 2.75) is 12.5 Å². The van der Waals surface area contributed by atoms with E-state index in [0.717, 1.165) is 23.5 Å². The average Bonchev–Trinajstić information content (AvgIpc) is 2.97. The molecule has 6 heteroatoms. The second kappa shape index (κ2) is 3.88. The molecule has 1 aliphatic heterocycles. The van der Waals surface area contributed by atoms with Crippen molar-refractivity contribution < 1.29 is 4.74 Å². The standard InChI is InChI=1S/C10H12N4OS/c1-15-10-12-4-7(16-10)9-8-6(2-3-11-9)13-5-14-8/h4-5,9,11H,2-3H2,1H3,(H,13,14). The zero-order valence-electron chi connectivity index (χ0n) is 8.86. The van der Waals surface area contributed by atoms with Gasteiger partial charge >= 0.3 is 0 Å².